The fraction of sp³-hybridized carbons (Fsp3) is 0.176. The van der Waals surface area contributed by atoms with E-state index >= 15 is 0 Å². The highest BCUT2D eigenvalue weighted by Gasteiger charge is 2.22. The number of anilines is 2. The Kier molecular flexibility index (Phi) is 4.51. The molecule has 5 nitrogen and oxygen atoms in total. The van der Waals surface area contributed by atoms with Gasteiger partial charge in [0.05, 0.1) is 17.5 Å². The first kappa shape index (κ1) is 16.3. The van der Waals surface area contributed by atoms with Gasteiger partial charge in [-0.05, 0) is 31.5 Å². The molecule has 1 aromatic carbocycles. The summed E-state index contributed by atoms with van der Waals surface area (Å²) in [5, 5.41) is 2.92. The second-order valence-electron chi connectivity index (χ2n) is 5.13. The lowest BCUT2D eigenvalue weighted by Crippen LogP contribution is -2.14. The van der Waals surface area contributed by atoms with Crippen LogP contribution in [0.4, 0.5) is 21.7 Å². The number of halogens is 1. The zero-order valence-corrected chi connectivity index (χ0v) is 13.1. The summed E-state index contributed by atoms with van der Waals surface area (Å²) in [6.07, 6.45) is 6.45. The monoisotopic (exact) mass is 312 g/mol. The quantitative estimate of drug-likeness (QED) is 0.673. The normalized spacial score (nSPS) is 10.7. The zero-order chi connectivity index (χ0) is 17.1. The van der Waals surface area contributed by atoms with Crippen molar-refractivity contribution in [1.82, 2.24) is 4.57 Å². The number of aromatic nitrogens is 1. The maximum Gasteiger partial charge on any atom is 0.252 e. The first-order valence-corrected chi connectivity index (χ1v) is 6.87. The van der Waals surface area contributed by atoms with Gasteiger partial charge >= 0.3 is 0 Å². The third-order valence-corrected chi connectivity index (χ3v) is 3.49. The van der Waals surface area contributed by atoms with Gasteiger partial charge in [-0.25, -0.2) is 9.38 Å². The number of nitrogens with two attached hydrogens (primary N) is 1. The third-order valence-electron chi connectivity index (χ3n) is 3.49. The Morgan fingerprint density at radius 2 is 2.17 bits per heavy atom. The number of hydrogen-bond donors (Lipinski definition) is 2. The molecule has 0 atom stereocenters. The second-order valence-corrected chi connectivity index (χ2v) is 5.13. The van der Waals surface area contributed by atoms with Gasteiger partial charge in [-0.15, -0.1) is 6.42 Å². The Bertz CT molecular complexity index is 843. The minimum atomic E-state index is -0.629. The van der Waals surface area contributed by atoms with E-state index in [1.165, 1.54) is 12.3 Å². The van der Waals surface area contributed by atoms with Gasteiger partial charge in [-0.1, -0.05) is 12.0 Å². The van der Waals surface area contributed by atoms with Crippen molar-refractivity contribution in [3.05, 3.63) is 40.7 Å². The van der Waals surface area contributed by atoms with Crippen LogP contribution < -0.4 is 11.1 Å². The van der Waals surface area contributed by atoms with Gasteiger partial charge in [0.2, 0.25) is 0 Å². The van der Waals surface area contributed by atoms with E-state index in [4.69, 9.17) is 12.2 Å². The van der Waals surface area contributed by atoms with Gasteiger partial charge in [0.1, 0.15) is 17.5 Å². The lowest BCUT2D eigenvalue weighted by molar-refractivity contribution is 0.100. The first-order valence-electron chi connectivity index (χ1n) is 6.87. The summed E-state index contributed by atoms with van der Waals surface area (Å²) >= 11 is 0. The molecule has 2 aromatic rings. The minimum Gasteiger partial charge on any atom is -0.365 e. The van der Waals surface area contributed by atoms with E-state index in [1.807, 2.05) is 0 Å². The topological polar surface area (TPSA) is 72.4 Å². The van der Waals surface area contributed by atoms with Crippen molar-refractivity contribution < 1.29 is 9.18 Å². The van der Waals surface area contributed by atoms with Crippen molar-refractivity contribution in [2.45, 2.75) is 13.8 Å². The van der Waals surface area contributed by atoms with Crippen LogP contribution in [0.5, 0.6) is 0 Å². The smallest absolute Gasteiger partial charge is 0.252 e. The molecule has 0 aliphatic heterocycles. The number of amides is 1. The van der Waals surface area contributed by atoms with E-state index < -0.39 is 11.7 Å². The van der Waals surface area contributed by atoms with Crippen LogP contribution in [0.2, 0.25) is 0 Å². The number of carbonyl (C=O) groups excluding carboxylic acids is 1. The highest BCUT2D eigenvalue weighted by atomic mass is 19.1. The molecule has 0 radical (unpaired) electrons. The van der Waals surface area contributed by atoms with Crippen LogP contribution in [-0.2, 0) is 7.05 Å². The van der Waals surface area contributed by atoms with Gasteiger partial charge in [0.15, 0.2) is 0 Å². The average molecular weight is 312 g/mol. The van der Waals surface area contributed by atoms with Crippen LogP contribution in [0.3, 0.4) is 0 Å². The van der Waals surface area contributed by atoms with Gasteiger partial charge in [-0.2, -0.15) is 0 Å². The number of rotatable bonds is 4. The molecule has 1 aromatic heterocycles. The summed E-state index contributed by atoms with van der Waals surface area (Å²) in [5.41, 5.74) is 7.32. The number of primary amides is 1. The Balaban J connectivity index is 2.59. The minimum absolute atomic E-state index is 0.242. The van der Waals surface area contributed by atoms with Crippen LogP contribution in [0, 0.1) is 32.0 Å². The number of nitrogens with zero attached hydrogens (tertiary/aromatic N) is 2. The van der Waals surface area contributed by atoms with Gasteiger partial charge in [0.25, 0.3) is 5.91 Å². The molecule has 6 heteroatoms. The molecular formula is C17H17FN4O. The molecule has 3 N–H and O–H groups in total. The molecule has 23 heavy (non-hydrogen) atoms. The molecule has 0 saturated carbocycles. The SMILES string of the molecule is C#CC=Nc1c(C)c(C(N)=O)c(Nc2ccc(C)cc2F)n1C. The standard InChI is InChI=1S/C17H17FN4O/c1-5-8-20-16-11(3)14(15(19)23)17(22(16)4)21-13-7-6-10(2)9-12(13)18/h1,6-9,21H,2-4H3,(H2,19,23). The molecule has 1 heterocycles. The maximum absolute atomic E-state index is 14.1. The number of terminal acetylenes is 1. The molecule has 118 valence electrons. The van der Waals surface area contributed by atoms with Crippen molar-refractivity contribution in [3.63, 3.8) is 0 Å². The Hall–Kier alpha value is -3.07. The predicted molar refractivity (Wildman–Crippen MR) is 90.1 cm³/mol. The number of nitrogens with one attached hydrogen (secondary N) is 1. The average Bonchev–Trinajstić information content (AvgIpc) is 2.71. The van der Waals surface area contributed by atoms with Crippen LogP contribution >= 0.6 is 0 Å². The van der Waals surface area contributed by atoms with Gasteiger partial charge in [-0.3, -0.25) is 4.79 Å². The molecule has 0 fully saturated rings. The van der Waals surface area contributed by atoms with E-state index in [0.29, 0.717) is 17.2 Å². The summed E-state index contributed by atoms with van der Waals surface area (Å²) in [6.45, 7) is 3.50. The van der Waals surface area contributed by atoms with E-state index in [0.717, 1.165) is 5.56 Å². The van der Waals surface area contributed by atoms with Crippen LogP contribution in [-0.4, -0.2) is 16.7 Å². The van der Waals surface area contributed by atoms with Crippen LogP contribution in [0.25, 0.3) is 0 Å². The molecule has 0 unspecified atom stereocenters. The Morgan fingerprint density at radius 3 is 2.74 bits per heavy atom. The highest BCUT2D eigenvalue weighted by Crippen LogP contribution is 2.34. The van der Waals surface area contributed by atoms with Crippen molar-refractivity contribution in [3.8, 4) is 12.3 Å². The van der Waals surface area contributed by atoms with E-state index in [2.05, 4.69) is 16.2 Å². The van der Waals surface area contributed by atoms with Crippen LogP contribution in [0.1, 0.15) is 21.5 Å². The molecular weight excluding hydrogens is 295 g/mol. The van der Waals surface area contributed by atoms with Gasteiger partial charge in [0, 0.05) is 12.6 Å². The molecule has 0 bridgehead atoms. The number of carbonyl (C=O) groups is 1. The summed E-state index contributed by atoms with van der Waals surface area (Å²) in [5.74, 6) is 2.08. The molecule has 1 amide bonds. The number of aliphatic imine (C=N–C) groups is 1. The van der Waals surface area contributed by atoms with Crippen LogP contribution in [0.15, 0.2) is 23.2 Å². The lowest BCUT2D eigenvalue weighted by atomic mass is 10.1. The molecule has 2 rings (SSSR count). The Labute approximate surface area is 134 Å². The van der Waals surface area contributed by atoms with E-state index in [1.54, 1.807) is 37.6 Å². The largest absolute Gasteiger partial charge is 0.365 e. The fourth-order valence-corrected chi connectivity index (χ4v) is 2.39. The summed E-state index contributed by atoms with van der Waals surface area (Å²) in [4.78, 5) is 15.9. The molecule has 0 saturated heterocycles. The maximum atomic E-state index is 14.1. The van der Waals surface area contributed by atoms with Crippen molar-refractivity contribution in [2.75, 3.05) is 5.32 Å². The van der Waals surface area contributed by atoms with E-state index in [9.17, 15) is 9.18 Å². The lowest BCUT2D eigenvalue weighted by Gasteiger charge is -2.11. The molecule has 0 spiro atoms. The number of aryl methyl sites for hydroxylation is 1. The number of benzene rings is 1. The van der Waals surface area contributed by atoms with Crippen molar-refractivity contribution in [1.29, 1.82) is 0 Å². The van der Waals surface area contributed by atoms with Gasteiger partial charge < -0.3 is 15.6 Å². The first-order chi connectivity index (χ1) is 10.9. The summed E-state index contributed by atoms with van der Waals surface area (Å²) in [7, 11) is 1.69. The number of hydrogen-bond acceptors (Lipinski definition) is 3. The van der Waals surface area contributed by atoms with E-state index in [-0.39, 0.29) is 11.3 Å². The predicted octanol–water partition coefficient (Wildman–Crippen LogP) is 2.96. The highest BCUT2D eigenvalue weighted by molar-refractivity contribution is 6.02. The summed E-state index contributed by atoms with van der Waals surface area (Å²) in [6, 6.07) is 4.77. The molecule has 0 aliphatic rings. The third kappa shape index (κ3) is 3.09. The van der Waals surface area contributed by atoms with Crippen molar-refractivity contribution in [2.24, 2.45) is 17.8 Å². The Morgan fingerprint density at radius 1 is 1.48 bits per heavy atom. The zero-order valence-electron chi connectivity index (χ0n) is 13.1. The second kappa shape index (κ2) is 6.36. The summed E-state index contributed by atoms with van der Waals surface area (Å²) < 4.78 is 15.7. The molecule has 0 aliphatic carbocycles. The van der Waals surface area contributed by atoms with Crippen molar-refractivity contribution >= 4 is 29.4 Å². The fourth-order valence-electron chi connectivity index (χ4n) is 2.39.